The Bertz CT molecular complexity index is 1120. The van der Waals surface area contributed by atoms with Crippen LogP contribution in [0.15, 0.2) is 95.6 Å². The standard InChI is InChI=1S/C28H29ClNO2/c1-30(2,18-16-22-8-12-25(29)13-9-22)19-21-31-26-14-10-24(11-15-26)28-27(17-20-32-28)23-6-4-3-5-7-23/h3-15,17,20H,16,18-19,21H2,1-2H3/q+1. The molecule has 0 bridgehead atoms. The Hall–Kier alpha value is -3.01. The summed E-state index contributed by atoms with van der Waals surface area (Å²) in [5.74, 6) is 1.75. The topological polar surface area (TPSA) is 22.4 Å². The molecule has 4 rings (SSSR count). The molecule has 3 nitrogen and oxygen atoms in total. The molecule has 0 saturated carbocycles. The molecule has 164 valence electrons. The molecule has 0 amide bonds. The van der Waals surface area contributed by atoms with Crippen LogP contribution in [0.5, 0.6) is 5.75 Å². The van der Waals surface area contributed by atoms with E-state index in [1.54, 1.807) is 6.26 Å². The average Bonchev–Trinajstić information content (AvgIpc) is 3.30. The summed E-state index contributed by atoms with van der Waals surface area (Å²) in [6.45, 7) is 2.65. The van der Waals surface area contributed by atoms with E-state index in [2.05, 4.69) is 50.5 Å². The van der Waals surface area contributed by atoms with Crippen molar-refractivity contribution in [2.75, 3.05) is 33.8 Å². The minimum Gasteiger partial charge on any atom is -0.488 e. The molecule has 0 aliphatic rings. The predicted molar refractivity (Wildman–Crippen MR) is 132 cm³/mol. The van der Waals surface area contributed by atoms with Crippen molar-refractivity contribution in [2.24, 2.45) is 0 Å². The molecule has 0 N–H and O–H groups in total. The third-order valence-electron chi connectivity index (χ3n) is 5.75. The van der Waals surface area contributed by atoms with Gasteiger partial charge in [0.05, 0.1) is 26.9 Å². The number of quaternary nitrogens is 1. The third-order valence-corrected chi connectivity index (χ3v) is 6.00. The zero-order valence-corrected chi connectivity index (χ0v) is 19.4. The second-order valence-corrected chi connectivity index (χ2v) is 9.10. The van der Waals surface area contributed by atoms with Crippen LogP contribution in [0.25, 0.3) is 22.5 Å². The molecule has 1 aromatic heterocycles. The lowest BCUT2D eigenvalue weighted by Crippen LogP contribution is -2.44. The number of rotatable bonds is 9. The Morgan fingerprint density at radius 3 is 2.22 bits per heavy atom. The van der Waals surface area contributed by atoms with Crippen LogP contribution in [0.2, 0.25) is 5.02 Å². The molecule has 4 heteroatoms. The maximum Gasteiger partial charge on any atom is 0.141 e. The molecule has 0 radical (unpaired) electrons. The minimum absolute atomic E-state index is 0.670. The maximum absolute atomic E-state index is 6.03. The molecule has 0 spiro atoms. The monoisotopic (exact) mass is 446 g/mol. The first-order chi connectivity index (χ1) is 15.5. The van der Waals surface area contributed by atoms with E-state index in [-0.39, 0.29) is 0 Å². The quantitative estimate of drug-likeness (QED) is 0.259. The number of hydrogen-bond acceptors (Lipinski definition) is 2. The summed E-state index contributed by atoms with van der Waals surface area (Å²) in [7, 11) is 4.48. The summed E-state index contributed by atoms with van der Waals surface area (Å²) in [6, 6.07) is 28.6. The van der Waals surface area contributed by atoms with Crippen LogP contribution in [0.1, 0.15) is 5.56 Å². The van der Waals surface area contributed by atoms with Gasteiger partial charge in [-0.25, -0.2) is 0 Å². The third kappa shape index (κ3) is 5.82. The van der Waals surface area contributed by atoms with Gasteiger partial charge in [0.2, 0.25) is 0 Å². The lowest BCUT2D eigenvalue weighted by atomic mass is 10.0. The van der Waals surface area contributed by atoms with E-state index in [9.17, 15) is 0 Å². The van der Waals surface area contributed by atoms with E-state index in [1.165, 1.54) is 5.56 Å². The fourth-order valence-electron chi connectivity index (χ4n) is 3.69. The molecule has 1 heterocycles. The molecule has 4 aromatic rings. The van der Waals surface area contributed by atoms with Crippen molar-refractivity contribution in [1.82, 2.24) is 0 Å². The number of halogens is 1. The van der Waals surface area contributed by atoms with E-state index in [0.717, 1.165) is 57.2 Å². The summed E-state index contributed by atoms with van der Waals surface area (Å²) in [5, 5.41) is 0.783. The average molecular weight is 447 g/mol. The first-order valence-corrected chi connectivity index (χ1v) is 11.3. The van der Waals surface area contributed by atoms with Crippen molar-refractivity contribution in [3.8, 4) is 28.2 Å². The summed E-state index contributed by atoms with van der Waals surface area (Å²) in [6.07, 6.45) is 2.76. The number of likely N-dealkylation sites (N-methyl/N-ethyl adjacent to an activating group) is 1. The molecule has 0 aliphatic carbocycles. The van der Waals surface area contributed by atoms with Gasteiger partial charge in [-0.05, 0) is 53.6 Å². The zero-order chi connectivity index (χ0) is 22.4. The van der Waals surface area contributed by atoms with Crippen LogP contribution in [0.4, 0.5) is 0 Å². The molecule has 3 aromatic carbocycles. The first kappa shape index (κ1) is 22.2. The van der Waals surface area contributed by atoms with Crippen LogP contribution in [0, 0.1) is 0 Å². The highest BCUT2D eigenvalue weighted by atomic mass is 35.5. The number of furan rings is 1. The van der Waals surface area contributed by atoms with Crippen LogP contribution in [0.3, 0.4) is 0 Å². The molecule has 0 unspecified atom stereocenters. The van der Waals surface area contributed by atoms with Gasteiger partial charge >= 0.3 is 0 Å². The predicted octanol–water partition coefficient (Wildman–Crippen LogP) is 6.96. The van der Waals surface area contributed by atoms with Gasteiger partial charge in [0.25, 0.3) is 0 Å². The Morgan fingerprint density at radius 1 is 0.781 bits per heavy atom. The summed E-state index contributed by atoms with van der Waals surface area (Å²) >= 11 is 5.98. The number of benzene rings is 3. The second-order valence-electron chi connectivity index (χ2n) is 8.66. The van der Waals surface area contributed by atoms with Crippen molar-refractivity contribution in [3.63, 3.8) is 0 Å². The Balaban J connectivity index is 1.31. The van der Waals surface area contributed by atoms with Gasteiger partial charge in [0.15, 0.2) is 0 Å². The second kappa shape index (κ2) is 10.1. The van der Waals surface area contributed by atoms with Crippen LogP contribution in [-0.4, -0.2) is 38.3 Å². The van der Waals surface area contributed by atoms with Crippen LogP contribution >= 0.6 is 11.6 Å². The highest BCUT2D eigenvalue weighted by Crippen LogP contribution is 2.33. The highest BCUT2D eigenvalue weighted by molar-refractivity contribution is 6.30. The van der Waals surface area contributed by atoms with Crippen molar-refractivity contribution < 1.29 is 13.6 Å². The largest absolute Gasteiger partial charge is 0.488 e. The normalized spacial score (nSPS) is 11.5. The van der Waals surface area contributed by atoms with Crippen LogP contribution < -0.4 is 4.74 Å². The van der Waals surface area contributed by atoms with Gasteiger partial charge < -0.3 is 13.6 Å². The van der Waals surface area contributed by atoms with Crippen molar-refractivity contribution in [1.29, 1.82) is 0 Å². The first-order valence-electron chi connectivity index (χ1n) is 10.9. The SMILES string of the molecule is C[N+](C)(CCOc1ccc(-c2occc2-c2ccccc2)cc1)CCc1ccc(Cl)cc1. The zero-order valence-electron chi connectivity index (χ0n) is 18.6. The van der Waals surface area contributed by atoms with Gasteiger partial charge in [-0.15, -0.1) is 0 Å². The van der Waals surface area contributed by atoms with Crippen molar-refractivity contribution >= 4 is 11.6 Å². The van der Waals surface area contributed by atoms with Crippen molar-refractivity contribution in [2.45, 2.75) is 6.42 Å². The smallest absolute Gasteiger partial charge is 0.141 e. The fourth-order valence-corrected chi connectivity index (χ4v) is 3.81. The molecule has 32 heavy (non-hydrogen) atoms. The fraction of sp³-hybridized carbons (Fsp3) is 0.214. The van der Waals surface area contributed by atoms with Crippen LogP contribution in [-0.2, 0) is 6.42 Å². The number of ether oxygens (including phenoxy) is 1. The number of hydrogen-bond donors (Lipinski definition) is 0. The van der Waals surface area contributed by atoms with E-state index in [4.69, 9.17) is 20.8 Å². The van der Waals surface area contributed by atoms with Gasteiger partial charge in [-0.1, -0.05) is 54.1 Å². The molecular weight excluding hydrogens is 418 g/mol. The minimum atomic E-state index is 0.670. The lowest BCUT2D eigenvalue weighted by molar-refractivity contribution is -0.890. The van der Waals surface area contributed by atoms with E-state index >= 15 is 0 Å². The van der Waals surface area contributed by atoms with Gasteiger partial charge in [0.1, 0.15) is 24.7 Å². The van der Waals surface area contributed by atoms with E-state index in [1.807, 2.05) is 48.5 Å². The Kier molecular flexibility index (Phi) is 6.99. The Morgan fingerprint density at radius 2 is 1.50 bits per heavy atom. The van der Waals surface area contributed by atoms with Gasteiger partial charge in [0, 0.05) is 22.6 Å². The van der Waals surface area contributed by atoms with Gasteiger partial charge in [-0.3, -0.25) is 0 Å². The lowest BCUT2D eigenvalue weighted by Gasteiger charge is -2.29. The highest BCUT2D eigenvalue weighted by Gasteiger charge is 2.15. The summed E-state index contributed by atoms with van der Waals surface area (Å²) in [5.41, 5.74) is 4.60. The van der Waals surface area contributed by atoms with Gasteiger partial charge in [-0.2, -0.15) is 0 Å². The number of nitrogens with zero attached hydrogens (tertiary/aromatic N) is 1. The summed E-state index contributed by atoms with van der Waals surface area (Å²) < 4.78 is 12.7. The summed E-state index contributed by atoms with van der Waals surface area (Å²) in [4.78, 5) is 0. The molecule has 0 aliphatic heterocycles. The molecule has 0 atom stereocenters. The molecule has 0 saturated heterocycles. The van der Waals surface area contributed by atoms with E-state index in [0.29, 0.717) is 6.61 Å². The Labute approximate surface area is 195 Å². The molecule has 0 fully saturated rings. The molecular formula is C28H29ClNO2+. The maximum atomic E-state index is 6.03. The van der Waals surface area contributed by atoms with Crippen molar-refractivity contribution in [3.05, 3.63) is 102 Å². The van der Waals surface area contributed by atoms with E-state index < -0.39 is 0 Å².